The number of rotatable bonds is 2. The third-order valence-electron chi connectivity index (χ3n) is 3.54. The Morgan fingerprint density at radius 1 is 1.42 bits per heavy atom. The van der Waals surface area contributed by atoms with Gasteiger partial charge in [0.15, 0.2) is 0 Å². The maximum Gasteiger partial charge on any atom is 0.294 e. The Labute approximate surface area is 110 Å². The van der Waals surface area contributed by atoms with Gasteiger partial charge in [0.05, 0.1) is 11.1 Å². The Bertz CT molecular complexity index is 635. The number of fused-ring (bicyclic) bond motifs is 1. The number of nitro groups is 1. The Kier molecular flexibility index (Phi) is 2.79. The minimum absolute atomic E-state index is 0.0136. The Morgan fingerprint density at radius 3 is 3.00 bits per heavy atom. The van der Waals surface area contributed by atoms with Gasteiger partial charge < -0.3 is 5.73 Å². The first-order valence-corrected chi connectivity index (χ1v) is 6.24. The molecule has 1 heterocycles. The van der Waals surface area contributed by atoms with Gasteiger partial charge in [0.1, 0.15) is 5.69 Å². The molecule has 2 N–H and O–H groups in total. The number of hydrogen-bond donors (Lipinski definition) is 1. The summed E-state index contributed by atoms with van der Waals surface area (Å²) in [4.78, 5) is 10.7. The van der Waals surface area contributed by atoms with Gasteiger partial charge in [-0.1, -0.05) is 12.1 Å². The number of para-hydroxylation sites is 2. The highest BCUT2D eigenvalue weighted by atomic mass is 16.6. The fraction of sp³-hybridized carbons (Fsp3) is 0.308. The summed E-state index contributed by atoms with van der Waals surface area (Å²) in [6, 6.07) is 6.63. The van der Waals surface area contributed by atoms with Crippen molar-refractivity contribution in [3.05, 3.63) is 51.8 Å². The van der Waals surface area contributed by atoms with Crippen molar-refractivity contribution in [2.75, 3.05) is 0 Å². The first kappa shape index (κ1) is 11.9. The van der Waals surface area contributed by atoms with Gasteiger partial charge in [-0.15, -0.1) is 0 Å². The van der Waals surface area contributed by atoms with Crippen LogP contribution in [0.2, 0.25) is 0 Å². The molecule has 98 valence electrons. The highest BCUT2D eigenvalue weighted by molar-refractivity contribution is 5.53. The topological polar surface area (TPSA) is 87.0 Å². The third-order valence-corrected chi connectivity index (χ3v) is 3.54. The standard InChI is InChI=1S/C13H14N4O2/c14-10-4-3-7-11-9(10)8-15-16(11)12-5-1-2-6-13(12)17(18)19/h1-2,5-6,8,10H,3-4,7,14H2. The first-order chi connectivity index (χ1) is 9.18. The summed E-state index contributed by atoms with van der Waals surface area (Å²) < 4.78 is 1.66. The van der Waals surface area contributed by atoms with Crippen LogP contribution in [0, 0.1) is 10.1 Å². The van der Waals surface area contributed by atoms with E-state index in [9.17, 15) is 10.1 Å². The van der Waals surface area contributed by atoms with Gasteiger partial charge >= 0.3 is 0 Å². The Hall–Kier alpha value is -2.21. The predicted octanol–water partition coefficient (Wildman–Crippen LogP) is 2.12. The van der Waals surface area contributed by atoms with E-state index in [1.165, 1.54) is 6.07 Å². The van der Waals surface area contributed by atoms with Crippen LogP contribution in [-0.4, -0.2) is 14.7 Å². The monoisotopic (exact) mass is 258 g/mol. The molecular formula is C13H14N4O2. The summed E-state index contributed by atoms with van der Waals surface area (Å²) in [5.41, 5.74) is 8.61. The van der Waals surface area contributed by atoms with Crippen LogP contribution >= 0.6 is 0 Å². The highest BCUT2D eigenvalue weighted by Gasteiger charge is 2.24. The lowest BCUT2D eigenvalue weighted by atomic mass is 9.94. The van der Waals surface area contributed by atoms with Gasteiger partial charge in [-0.25, -0.2) is 4.68 Å². The van der Waals surface area contributed by atoms with E-state index in [1.807, 2.05) is 0 Å². The average Bonchev–Trinajstić information content (AvgIpc) is 2.84. The SMILES string of the molecule is NC1CCCc2c1cnn2-c1ccccc1[N+](=O)[O-]. The van der Waals surface area contributed by atoms with E-state index in [2.05, 4.69) is 5.10 Å². The first-order valence-electron chi connectivity index (χ1n) is 6.24. The van der Waals surface area contributed by atoms with Gasteiger partial charge in [-0.3, -0.25) is 10.1 Å². The fourth-order valence-corrected chi connectivity index (χ4v) is 2.60. The van der Waals surface area contributed by atoms with Gasteiger partial charge in [-0.05, 0) is 25.3 Å². The van der Waals surface area contributed by atoms with Crippen molar-refractivity contribution in [2.24, 2.45) is 5.73 Å². The quantitative estimate of drug-likeness (QED) is 0.660. The normalized spacial score (nSPS) is 18.1. The minimum Gasteiger partial charge on any atom is -0.324 e. The van der Waals surface area contributed by atoms with Crippen molar-refractivity contribution in [3.63, 3.8) is 0 Å². The molecule has 1 aliphatic rings. The van der Waals surface area contributed by atoms with Gasteiger partial charge in [0.25, 0.3) is 5.69 Å². The molecule has 1 aromatic carbocycles. The van der Waals surface area contributed by atoms with Crippen LogP contribution in [-0.2, 0) is 6.42 Å². The fourth-order valence-electron chi connectivity index (χ4n) is 2.60. The summed E-state index contributed by atoms with van der Waals surface area (Å²) in [6.45, 7) is 0. The van der Waals surface area contributed by atoms with Crippen molar-refractivity contribution in [1.82, 2.24) is 9.78 Å². The molecule has 19 heavy (non-hydrogen) atoms. The molecule has 0 fully saturated rings. The highest BCUT2D eigenvalue weighted by Crippen LogP contribution is 2.31. The van der Waals surface area contributed by atoms with E-state index in [4.69, 9.17) is 5.73 Å². The number of nitrogens with two attached hydrogens (primary N) is 1. The molecule has 6 nitrogen and oxygen atoms in total. The lowest BCUT2D eigenvalue weighted by Crippen LogP contribution is -2.18. The minimum atomic E-state index is -0.383. The molecule has 0 radical (unpaired) electrons. The second kappa shape index (κ2) is 4.47. The van der Waals surface area contributed by atoms with Crippen molar-refractivity contribution < 1.29 is 4.92 Å². The molecule has 0 spiro atoms. The third kappa shape index (κ3) is 1.90. The van der Waals surface area contributed by atoms with E-state index in [-0.39, 0.29) is 16.7 Å². The molecule has 1 atom stereocenters. The molecule has 0 bridgehead atoms. The Balaban J connectivity index is 2.16. The van der Waals surface area contributed by atoms with E-state index in [0.29, 0.717) is 5.69 Å². The molecule has 0 aliphatic heterocycles. The van der Waals surface area contributed by atoms with E-state index in [1.54, 1.807) is 29.1 Å². The number of nitrogens with zero attached hydrogens (tertiary/aromatic N) is 3. The molecule has 1 aromatic heterocycles. The van der Waals surface area contributed by atoms with Crippen LogP contribution < -0.4 is 5.73 Å². The zero-order valence-electron chi connectivity index (χ0n) is 10.3. The molecule has 2 aromatic rings. The molecular weight excluding hydrogens is 244 g/mol. The largest absolute Gasteiger partial charge is 0.324 e. The molecule has 3 rings (SSSR count). The molecule has 0 saturated carbocycles. The van der Waals surface area contributed by atoms with Crippen molar-refractivity contribution in [3.8, 4) is 5.69 Å². The lowest BCUT2D eigenvalue weighted by molar-refractivity contribution is -0.384. The Morgan fingerprint density at radius 2 is 2.21 bits per heavy atom. The van der Waals surface area contributed by atoms with Crippen LogP contribution in [0.1, 0.15) is 30.1 Å². The van der Waals surface area contributed by atoms with Crippen molar-refractivity contribution in [1.29, 1.82) is 0 Å². The smallest absolute Gasteiger partial charge is 0.294 e. The van der Waals surface area contributed by atoms with Crippen LogP contribution in [0.25, 0.3) is 5.69 Å². The summed E-state index contributed by atoms with van der Waals surface area (Å²) in [7, 11) is 0. The zero-order valence-corrected chi connectivity index (χ0v) is 10.3. The summed E-state index contributed by atoms with van der Waals surface area (Å²) >= 11 is 0. The number of aromatic nitrogens is 2. The van der Waals surface area contributed by atoms with Gasteiger partial charge in [0.2, 0.25) is 0 Å². The van der Waals surface area contributed by atoms with E-state index < -0.39 is 0 Å². The average molecular weight is 258 g/mol. The lowest BCUT2D eigenvalue weighted by Gasteiger charge is -2.19. The van der Waals surface area contributed by atoms with Crippen molar-refractivity contribution >= 4 is 5.69 Å². The molecule has 6 heteroatoms. The van der Waals surface area contributed by atoms with Crippen LogP contribution in [0.4, 0.5) is 5.69 Å². The van der Waals surface area contributed by atoms with Crippen LogP contribution in [0.3, 0.4) is 0 Å². The number of hydrogen-bond acceptors (Lipinski definition) is 4. The second-order valence-electron chi connectivity index (χ2n) is 4.70. The number of benzene rings is 1. The second-order valence-corrected chi connectivity index (χ2v) is 4.70. The molecule has 0 saturated heterocycles. The van der Waals surface area contributed by atoms with Crippen LogP contribution in [0.5, 0.6) is 0 Å². The van der Waals surface area contributed by atoms with Crippen LogP contribution in [0.15, 0.2) is 30.5 Å². The van der Waals surface area contributed by atoms with E-state index >= 15 is 0 Å². The molecule has 1 aliphatic carbocycles. The maximum absolute atomic E-state index is 11.1. The summed E-state index contributed by atoms with van der Waals surface area (Å²) in [5, 5.41) is 15.4. The summed E-state index contributed by atoms with van der Waals surface area (Å²) in [6.07, 6.45) is 4.51. The molecule has 1 unspecified atom stereocenters. The van der Waals surface area contributed by atoms with Crippen molar-refractivity contribution in [2.45, 2.75) is 25.3 Å². The van der Waals surface area contributed by atoms with E-state index in [0.717, 1.165) is 30.5 Å². The molecule has 0 amide bonds. The zero-order chi connectivity index (χ0) is 13.4. The predicted molar refractivity (Wildman–Crippen MR) is 70.1 cm³/mol. The maximum atomic E-state index is 11.1. The summed E-state index contributed by atoms with van der Waals surface area (Å²) in [5.74, 6) is 0. The van der Waals surface area contributed by atoms with Gasteiger partial charge in [0, 0.05) is 23.4 Å². The number of nitro benzene ring substituents is 1. The van der Waals surface area contributed by atoms with Gasteiger partial charge in [-0.2, -0.15) is 5.10 Å².